The first-order valence-electron chi connectivity index (χ1n) is 9.23. The fourth-order valence-electron chi connectivity index (χ4n) is 3.98. The molecule has 1 aliphatic rings. The second-order valence-corrected chi connectivity index (χ2v) is 6.81. The van der Waals surface area contributed by atoms with Crippen LogP contribution in [0.1, 0.15) is 51.5 Å². The van der Waals surface area contributed by atoms with Crippen molar-refractivity contribution in [2.45, 2.75) is 51.6 Å². The van der Waals surface area contributed by atoms with Gasteiger partial charge in [-0.15, -0.1) is 0 Å². The SMILES string of the molecule is CCN(CC#C[C@@](O)(c1ccccc1)C1(CC)CCCC1)CCO. The number of aliphatic hydroxyl groups is 2. The molecule has 0 aliphatic heterocycles. The minimum Gasteiger partial charge on any atom is -0.395 e. The van der Waals surface area contributed by atoms with Crippen LogP contribution in [0.4, 0.5) is 0 Å². The van der Waals surface area contributed by atoms with Gasteiger partial charge >= 0.3 is 0 Å². The molecule has 1 fully saturated rings. The lowest BCUT2D eigenvalue weighted by Crippen LogP contribution is -2.43. The molecule has 0 aromatic heterocycles. The van der Waals surface area contributed by atoms with Gasteiger partial charge in [-0.25, -0.2) is 0 Å². The molecule has 1 aliphatic carbocycles. The van der Waals surface area contributed by atoms with Crippen LogP contribution in [0.3, 0.4) is 0 Å². The van der Waals surface area contributed by atoms with E-state index in [4.69, 9.17) is 5.11 Å². The normalized spacial score (nSPS) is 18.9. The molecule has 0 unspecified atom stereocenters. The van der Waals surface area contributed by atoms with Crippen molar-refractivity contribution in [1.82, 2.24) is 4.90 Å². The standard InChI is InChI=1S/C21H31NO2/c1-3-20(13-8-9-14-20)21(24,19-11-6-5-7-12-19)15-10-16-22(4-2)17-18-23/h5-7,11-12,23-24H,3-4,8-9,13-14,16-18H2,1-2H3/t21-/m1/s1. The van der Waals surface area contributed by atoms with Crippen molar-refractivity contribution in [2.24, 2.45) is 5.41 Å². The van der Waals surface area contributed by atoms with Gasteiger partial charge in [0.1, 0.15) is 0 Å². The molecule has 0 bridgehead atoms. The second-order valence-electron chi connectivity index (χ2n) is 6.81. The lowest BCUT2D eigenvalue weighted by atomic mass is 9.65. The molecule has 1 atom stereocenters. The molecule has 0 amide bonds. The van der Waals surface area contributed by atoms with E-state index in [9.17, 15) is 5.11 Å². The highest BCUT2D eigenvalue weighted by Crippen LogP contribution is 2.53. The summed E-state index contributed by atoms with van der Waals surface area (Å²) in [6, 6.07) is 9.92. The highest BCUT2D eigenvalue weighted by Gasteiger charge is 2.50. The Morgan fingerprint density at radius 2 is 1.83 bits per heavy atom. The van der Waals surface area contributed by atoms with Crippen molar-refractivity contribution in [2.75, 3.05) is 26.2 Å². The Hall–Kier alpha value is -1.34. The Morgan fingerprint density at radius 3 is 2.38 bits per heavy atom. The summed E-state index contributed by atoms with van der Waals surface area (Å²) in [6.45, 7) is 6.41. The van der Waals surface area contributed by atoms with E-state index in [1.54, 1.807) is 0 Å². The van der Waals surface area contributed by atoms with Crippen molar-refractivity contribution in [1.29, 1.82) is 0 Å². The molecule has 2 N–H and O–H groups in total. The molecule has 0 heterocycles. The maximum Gasteiger partial charge on any atom is 0.156 e. The Bertz CT molecular complexity index is 554. The number of rotatable bonds is 7. The topological polar surface area (TPSA) is 43.7 Å². The van der Waals surface area contributed by atoms with Crippen molar-refractivity contribution in [3.63, 3.8) is 0 Å². The smallest absolute Gasteiger partial charge is 0.156 e. The summed E-state index contributed by atoms with van der Waals surface area (Å²) in [5.41, 5.74) is -0.348. The van der Waals surface area contributed by atoms with Crippen molar-refractivity contribution in [3.8, 4) is 11.8 Å². The molecule has 132 valence electrons. The maximum atomic E-state index is 11.7. The van der Waals surface area contributed by atoms with Gasteiger partial charge in [0.15, 0.2) is 5.60 Å². The van der Waals surface area contributed by atoms with Gasteiger partial charge in [-0.05, 0) is 31.4 Å². The average Bonchev–Trinajstić information content (AvgIpc) is 3.12. The Labute approximate surface area is 146 Å². The minimum absolute atomic E-state index is 0.136. The minimum atomic E-state index is -1.10. The summed E-state index contributed by atoms with van der Waals surface area (Å²) in [6.07, 6.45) is 5.31. The third-order valence-electron chi connectivity index (χ3n) is 5.63. The summed E-state index contributed by atoms with van der Waals surface area (Å²) in [5.74, 6) is 6.46. The molecule has 0 radical (unpaired) electrons. The van der Waals surface area contributed by atoms with E-state index in [0.29, 0.717) is 13.1 Å². The van der Waals surface area contributed by atoms with E-state index in [1.165, 1.54) is 0 Å². The third-order valence-corrected chi connectivity index (χ3v) is 5.63. The van der Waals surface area contributed by atoms with Crippen molar-refractivity contribution >= 4 is 0 Å². The molecular weight excluding hydrogens is 298 g/mol. The lowest BCUT2D eigenvalue weighted by molar-refractivity contribution is -0.0422. The lowest BCUT2D eigenvalue weighted by Gasteiger charge is -2.42. The Kier molecular flexibility index (Phi) is 6.86. The van der Waals surface area contributed by atoms with Crippen LogP contribution >= 0.6 is 0 Å². The monoisotopic (exact) mass is 329 g/mol. The number of aliphatic hydroxyl groups excluding tert-OH is 1. The second kappa shape index (κ2) is 8.67. The summed E-state index contributed by atoms with van der Waals surface area (Å²) in [7, 11) is 0. The zero-order valence-corrected chi connectivity index (χ0v) is 15.1. The van der Waals surface area contributed by atoms with E-state index in [2.05, 4.69) is 30.6 Å². The summed E-state index contributed by atoms with van der Waals surface area (Å²) >= 11 is 0. The summed E-state index contributed by atoms with van der Waals surface area (Å²) in [5, 5.41) is 20.8. The van der Waals surface area contributed by atoms with Crippen LogP contribution in [-0.2, 0) is 5.60 Å². The van der Waals surface area contributed by atoms with Gasteiger partial charge < -0.3 is 10.2 Å². The van der Waals surface area contributed by atoms with Crippen LogP contribution < -0.4 is 0 Å². The number of hydrogen-bond donors (Lipinski definition) is 2. The van der Waals surface area contributed by atoms with Gasteiger partial charge in [-0.2, -0.15) is 0 Å². The highest BCUT2D eigenvalue weighted by molar-refractivity contribution is 5.36. The largest absolute Gasteiger partial charge is 0.395 e. The van der Waals surface area contributed by atoms with Gasteiger partial charge in [0, 0.05) is 12.0 Å². The van der Waals surface area contributed by atoms with E-state index in [1.807, 2.05) is 30.3 Å². The summed E-state index contributed by atoms with van der Waals surface area (Å²) < 4.78 is 0. The Balaban J connectivity index is 2.34. The van der Waals surface area contributed by atoms with Crippen LogP contribution in [0.2, 0.25) is 0 Å². The summed E-state index contributed by atoms with van der Waals surface area (Å²) in [4.78, 5) is 2.09. The molecule has 1 aromatic carbocycles. The first-order valence-corrected chi connectivity index (χ1v) is 9.23. The van der Waals surface area contributed by atoms with Crippen LogP contribution in [-0.4, -0.2) is 41.4 Å². The third kappa shape index (κ3) is 3.83. The van der Waals surface area contributed by atoms with Gasteiger partial charge in [-0.1, -0.05) is 68.9 Å². The highest BCUT2D eigenvalue weighted by atomic mass is 16.3. The number of nitrogens with zero attached hydrogens (tertiary/aromatic N) is 1. The molecule has 1 aromatic rings. The maximum absolute atomic E-state index is 11.7. The molecule has 3 nitrogen and oxygen atoms in total. The van der Waals surface area contributed by atoms with E-state index in [0.717, 1.165) is 44.2 Å². The molecule has 1 saturated carbocycles. The fourth-order valence-corrected chi connectivity index (χ4v) is 3.98. The van der Waals surface area contributed by atoms with Crippen molar-refractivity contribution in [3.05, 3.63) is 35.9 Å². The van der Waals surface area contributed by atoms with Gasteiger partial charge in [0.05, 0.1) is 13.2 Å². The van der Waals surface area contributed by atoms with Crippen LogP contribution in [0.25, 0.3) is 0 Å². The molecular formula is C21H31NO2. The van der Waals surface area contributed by atoms with Crippen LogP contribution in [0.15, 0.2) is 30.3 Å². The van der Waals surface area contributed by atoms with E-state index >= 15 is 0 Å². The molecule has 2 rings (SSSR count). The van der Waals surface area contributed by atoms with Gasteiger partial charge in [0.25, 0.3) is 0 Å². The number of benzene rings is 1. The predicted octanol–water partition coefficient (Wildman–Crippen LogP) is 3.16. The number of hydrogen-bond acceptors (Lipinski definition) is 3. The zero-order chi connectivity index (χ0) is 17.5. The fraction of sp³-hybridized carbons (Fsp3) is 0.619. The number of likely N-dealkylation sites (N-methyl/N-ethyl adjacent to an activating group) is 1. The molecule has 0 saturated heterocycles. The Morgan fingerprint density at radius 1 is 1.17 bits per heavy atom. The van der Waals surface area contributed by atoms with E-state index in [-0.39, 0.29) is 12.0 Å². The molecule has 3 heteroatoms. The quantitative estimate of drug-likeness (QED) is 0.755. The predicted molar refractivity (Wildman–Crippen MR) is 98.5 cm³/mol. The molecule has 24 heavy (non-hydrogen) atoms. The van der Waals surface area contributed by atoms with Gasteiger partial charge in [0.2, 0.25) is 0 Å². The van der Waals surface area contributed by atoms with E-state index < -0.39 is 5.60 Å². The van der Waals surface area contributed by atoms with Crippen molar-refractivity contribution < 1.29 is 10.2 Å². The zero-order valence-electron chi connectivity index (χ0n) is 15.1. The first-order chi connectivity index (χ1) is 11.6. The van der Waals surface area contributed by atoms with Crippen LogP contribution in [0.5, 0.6) is 0 Å². The first kappa shape index (κ1) is 19.0. The van der Waals surface area contributed by atoms with Gasteiger partial charge in [-0.3, -0.25) is 4.90 Å². The average molecular weight is 329 g/mol. The van der Waals surface area contributed by atoms with Crippen LogP contribution in [0, 0.1) is 17.3 Å². The molecule has 0 spiro atoms.